The molecule has 1 aromatic heterocycles. The number of carbonyl (C=O) groups is 1. The zero-order valence-corrected chi connectivity index (χ0v) is 16.5. The van der Waals surface area contributed by atoms with Crippen molar-refractivity contribution in [1.29, 1.82) is 5.26 Å². The average Bonchev–Trinajstić information content (AvgIpc) is 3.00. The number of rotatable bonds is 5. The van der Waals surface area contributed by atoms with Crippen LogP contribution in [-0.4, -0.2) is 23.7 Å². The van der Waals surface area contributed by atoms with Crippen molar-refractivity contribution in [3.05, 3.63) is 48.0 Å². The molecule has 0 unspecified atom stereocenters. The number of aromatic nitrogens is 1. The van der Waals surface area contributed by atoms with Crippen molar-refractivity contribution in [1.82, 2.24) is 9.88 Å². The molecule has 2 aromatic carbocycles. The number of carbonyl (C=O) groups excluding carboxylic acids is 1. The number of anilines is 1. The third kappa shape index (κ3) is 3.65. The highest BCUT2D eigenvalue weighted by atomic mass is 16.5. The fourth-order valence-electron chi connectivity index (χ4n) is 3.34. The molecule has 0 aliphatic rings. The van der Waals surface area contributed by atoms with Gasteiger partial charge in [-0.1, -0.05) is 12.1 Å². The van der Waals surface area contributed by atoms with E-state index in [2.05, 4.69) is 28.2 Å². The van der Waals surface area contributed by atoms with Crippen molar-refractivity contribution >= 4 is 22.6 Å². The Hall–Kier alpha value is -3.46. The zero-order chi connectivity index (χ0) is 20.3. The summed E-state index contributed by atoms with van der Waals surface area (Å²) in [5, 5.41) is 16.3. The SMILES string of the molecule is CCn1c(-c2ccc(NC(=O)NC(C)C)cc2)c(C#N)c2ccc(OC)cc21. The molecule has 2 amide bonds. The van der Waals surface area contributed by atoms with Gasteiger partial charge >= 0.3 is 6.03 Å². The Bertz CT molecular complexity index is 1040. The third-order valence-corrected chi connectivity index (χ3v) is 4.54. The first-order valence-electron chi connectivity index (χ1n) is 9.26. The zero-order valence-electron chi connectivity index (χ0n) is 16.5. The number of methoxy groups -OCH3 is 1. The molecule has 0 fully saturated rings. The number of amides is 2. The topological polar surface area (TPSA) is 79.1 Å². The minimum absolute atomic E-state index is 0.0645. The Morgan fingerprint density at radius 2 is 1.93 bits per heavy atom. The molecule has 0 atom stereocenters. The standard InChI is InChI=1S/C22H24N4O2/c1-5-26-20-12-17(28-4)10-11-18(20)19(13-23)21(26)15-6-8-16(9-7-15)25-22(27)24-14(2)3/h6-12,14H,5H2,1-4H3,(H2,24,25,27). The van der Waals surface area contributed by atoms with Crippen molar-refractivity contribution < 1.29 is 9.53 Å². The molecule has 0 aliphatic carbocycles. The van der Waals surface area contributed by atoms with Crippen molar-refractivity contribution in [2.75, 3.05) is 12.4 Å². The molecule has 0 saturated heterocycles. The van der Waals surface area contributed by atoms with E-state index in [0.29, 0.717) is 11.3 Å². The molecule has 0 bridgehead atoms. The third-order valence-electron chi connectivity index (χ3n) is 4.54. The lowest BCUT2D eigenvalue weighted by Crippen LogP contribution is -2.34. The number of nitrogens with zero attached hydrogens (tertiary/aromatic N) is 2. The van der Waals surface area contributed by atoms with Crippen molar-refractivity contribution in [2.24, 2.45) is 0 Å². The van der Waals surface area contributed by atoms with Crippen LogP contribution in [0.2, 0.25) is 0 Å². The lowest BCUT2D eigenvalue weighted by Gasteiger charge is -2.12. The van der Waals surface area contributed by atoms with E-state index in [1.54, 1.807) is 7.11 Å². The summed E-state index contributed by atoms with van der Waals surface area (Å²) >= 11 is 0. The molecule has 0 aliphatic heterocycles. The highest BCUT2D eigenvalue weighted by molar-refractivity contribution is 5.96. The van der Waals surface area contributed by atoms with Crippen LogP contribution in [0.5, 0.6) is 5.75 Å². The van der Waals surface area contributed by atoms with E-state index < -0.39 is 0 Å². The summed E-state index contributed by atoms with van der Waals surface area (Å²) in [6, 6.07) is 15.5. The Labute approximate surface area is 164 Å². The van der Waals surface area contributed by atoms with Crippen LogP contribution in [0.3, 0.4) is 0 Å². The highest BCUT2D eigenvalue weighted by Gasteiger charge is 2.18. The molecule has 0 saturated carbocycles. The summed E-state index contributed by atoms with van der Waals surface area (Å²) in [4.78, 5) is 11.9. The number of benzene rings is 2. The fraction of sp³-hybridized carbons (Fsp3) is 0.273. The quantitative estimate of drug-likeness (QED) is 0.675. The Morgan fingerprint density at radius 1 is 1.21 bits per heavy atom. The predicted octanol–water partition coefficient (Wildman–Crippen LogP) is 4.74. The van der Waals surface area contributed by atoms with Crippen molar-refractivity contribution in [3.63, 3.8) is 0 Å². The van der Waals surface area contributed by atoms with Gasteiger partial charge in [-0.05, 0) is 50.6 Å². The molecule has 144 valence electrons. The van der Waals surface area contributed by atoms with Gasteiger partial charge in [0, 0.05) is 29.7 Å². The van der Waals surface area contributed by atoms with Gasteiger partial charge in [0.2, 0.25) is 0 Å². The molecule has 3 rings (SSSR count). The molecule has 1 heterocycles. The number of hydrogen-bond donors (Lipinski definition) is 2. The van der Waals surface area contributed by atoms with Crippen LogP contribution in [0.4, 0.5) is 10.5 Å². The van der Waals surface area contributed by atoms with Crippen molar-refractivity contribution in [3.8, 4) is 23.1 Å². The summed E-state index contributed by atoms with van der Waals surface area (Å²) in [7, 11) is 1.63. The molecular weight excluding hydrogens is 352 g/mol. The summed E-state index contributed by atoms with van der Waals surface area (Å²) in [6.45, 7) is 6.59. The molecule has 6 nitrogen and oxygen atoms in total. The maximum absolute atomic E-state index is 11.9. The maximum Gasteiger partial charge on any atom is 0.319 e. The van der Waals surface area contributed by atoms with E-state index in [0.717, 1.165) is 34.5 Å². The van der Waals surface area contributed by atoms with Crippen LogP contribution in [-0.2, 0) is 6.54 Å². The summed E-state index contributed by atoms with van der Waals surface area (Å²) < 4.78 is 7.46. The van der Waals surface area contributed by atoms with Gasteiger partial charge in [-0.2, -0.15) is 5.26 Å². The summed E-state index contributed by atoms with van der Waals surface area (Å²) in [5.41, 5.74) is 4.08. The van der Waals surface area contributed by atoms with E-state index in [-0.39, 0.29) is 12.1 Å². The summed E-state index contributed by atoms with van der Waals surface area (Å²) in [6.07, 6.45) is 0. The van der Waals surface area contributed by atoms with Gasteiger partial charge in [-0.3, -0.25) is 0 Å². The minimum Gasteiger partial charge on any atom is -0.497 e. The first-order chi connectivity index (χ1) is 13.5. The number of nitrogens with one attached hydrogen (secondary N) is 2. The molecule has 6 heteroatoms. The first-order valence-corrected chi connectivity index (χ1v) is 9.26. The van der Waals surface area contributed by atoms with Gasteiger partial charge in [0.25, 0.3) is 0 Å². The van der Waals surface area contributed by atoms with Crippen LogP contribution in [0, 0.1) is 11.3 Å². The Morgan fingerprint density at radius 3 is 2.50 bits per heavy atom. The molecule has 3 aromatic rings. The van der Waals surface area contributed by atoms with Crippen LogP contribution >= 0.6 is 0 Å². The van der Waals surface area contributed by atoms with Gasteiger partial charge in [-0.25, -0.2) is 4.79 Å². The maximum atomic E-state index is 11.9. The lowest BCUT2D eigenvalue weighted by molar-refractivity contribution is 0.250. The van der Waals surface area contributed by atoms with Gasteiger partial charge in [0.1, 0.15) is 11.8 Å². The lowest BCUT2D eigenvalue weighted by atomic mass is 10.1. The number of ether oxygens (including phenoxy) is 1. The minimum atomic E-state index is -0.241. The van der Waals surface area contributed by atoms with Crippen LogP contribution in [0.25, 0.3) is 22.2 Å². The largest absolute Gasteiger partial charge is 0.497 e. The molecule has 28 heavy (non-hydrogen) atoms. The number of hydrogen-bond acceptors (Lipinski definition) is 3. The van der Waals surface area contributed by atoms with Gasteiger partial charge < -0.3 is 19.9 Å². The molecule has 2 N–H and O–H groups in total. The van der Waals surface area contributed by atoms with Crippen molar-refractivity contribution in [2.45, 2.75) is 33.4 Å². The van der Waals surface area contributed by atoms with Gasteiger partial charge in [0.05, 0.1) is 23.9 Å². The number of fused-ring (bicyclic) bond motifs is 1. The second kappa shape index (κ2) is 8.05. The van der Waals surface area contributed by atoms with Crippen LogP contribution < -0.4 is 15.4 Å². The van der Waals surface area contributed by atoms with E-state index >= 15 is 0 Å². The van der Waals surface area contributed by atoms with Crippen LogP contribution in [0.15, 0.2) is 42.5 Å². The molecular formula is C22H24N4O2. The van der Waals surface area contributed by atoms with Gasteiger partial charge in [0.15, 0.2) is 0 Å². The average molecular weight is 376 g/mol. The van der Waals surface area contributed by atoms with Gasteiger partial charge in [-0.15, -0.1) is 0 Å². The Balaban J connectivity index is 2.03. The van der Waals surface area contributed by atoms with E-state index in [1.165, 1.54) is 0 Å². The fourth-order valence-corrected chi connectivity index (χ4v) is 3.34. The summed E-state index contributed by atoms with van der Waals surface area (Å²) in [5.74, 6) is 0.756. The monoisotopic (exact) mass is 376 g/mol. The van der Waals surface area contributed by atoms with E-state index in [4.69, 9.17) is 4.74 Å². The number of aryl methyl sites for hydroxylation is 1. The molecule has 0 spiro atoms. The second-order valence-electron chi connectivity index (χ2n) is 6.79. The second-order valence-corrected chi connectivity index (χ2v) is 6.79. The normalized spacial score (nSPS) is 10.7. The van der Waals surface area contributed by atoms with E-state index in [9.17, 15) is 10.1 Å². The Kier molecular flexibility index (Phi) is 5.55. The predicted molar refractivity (Wildman–Crippen MR) is 112 cm³/mol. The smallest absolute Gasteiger partial charge is 0.319 e. The molecule has 0 radical (unpaired) electrons. The van der Waals surface area contributed by atoms with E-state index in [1.807, 2.05) is 56.3 Å². The number of urea groups is 1. The first kappa shape index (κ1) is 19.3. The highest BCUT2D eigenvalue weighted by Crippen LogP contribution is 2.35. The van der Waals surface area contributed by atoms with Crippen LogP contribution in [0.1, 0.15) is 26.3 Å². The number of nitriles is 1.